The summed E-state index contributed by atoms with van der Waals surface area (Å²) >= 11 is 0. The third kappa shape index (κ3) is 7.34. The van der Waals surface area contributed by atoms with Crippen molar-refractivity contribution in [3.8, 4) is 22.3 Å². The van der Waals surface area contributed by atoms with E-state index in [9.17, 15) is 0 Å². The molecule has 0 spiro atoms. The van der Waals surface area contributed by atoms with Crippen molar-refractivity contribution in [2.45, 2.75) is 0 Å². The summed E-state index contributed by atoms with van der Waals surface area (Å²) in [5, 5.41) is 0. The van der Waals surface area contributed by atoms with Crippen LogP contribution in [0.1, 0.15) is 0 Å². The molecule has 0 atom stereocenters. The fourth-order valence-electron chi connectivity index (χ4n) is 9.75. The maximum Gasteiger partial charge on any atom is 0.241 e. The lowest BCUT2D eigenvalue weighted by molar-refractivity contribution is 0.953. The second-order valence-electron chi connectivity index (χ2n) is 17.1. The van der Waals surface area contributed by atoms with Crippen LogP contribution in [0.3, 0.4) is 0 Å². The van der Waals surface area contributed by atoms with Crippen molar-refractivity contribution < 1.29 is 0 Å². The van der Waals surface area contributed by atoms with Crippen molar-refractivity contribution in [1.29, 1.82) is 0 Å². The number of aromatic nitrogens is 5. The first-order chi connectivity index (χ1) is 35.2. The molecular formula is C61H42N10. The molecule has 10 heteroatoms. The molecule has 11 aromatic rings. The SMILES string of the molecule is c1ccc(N2c3ccccc3N(c3nc(N(c4ccc(-c5ccncc5)cc4)c4ccc(-c5ccncc5)cc4)nc(N4c5ccccc5N(c5ccccc5)c5ccccc54)n3)c3ccccc32)cc1. The van der Waals surface area contributed by atoms with Gasteiger partial charge in [0.2, 0.25) is 17.8 Å². The minimum absolute atomic E-state index is 0.430. The lowest BCUT2D eigenvalue weighted by Gasteiger charge is -2.40. The second-order valence-corrected chi connectivity index (χ2v) is 17.1. The normalized spacial score (nSPS) is 12.4. The summed E-state index contributed by atoms with van der Waals surface area (Å²) in [6.07, 6.45) is 7.28. The van der Waals surface area contributed by atoms with E-state index in [1.165, 1.54) is 0 Å². The van der Waals surface area contributed by atoms with Crippen LogP contribution in [0.5, 0.6) is 0 Å². The molecule has 0 aliphatic carbocycles. The minimum atomic E-state index is 0.430. The van der Waals surface area contributed by atoms with Crippen molar-refractivity contribution in [3.05, 3.63) is 255 Å². The van der Waals surface area contributed by atoms with Crippen LogP contribution in [-0.2, 0) is 0 Å². The van der Waals surface area contributed by atoms with Gasteiger partial charge in [-0.2, -0.15) is 15.0 Å². The highest BCUT2D eigenvalue weighted by molar-refractivity contribution is 6.03. The molecule has 8 aromatic carbocycles. The summed E-state index contributed by atoms with van der Waals surface area (Å²) in [5.41, 5.74) is 15.7. The number of fused-ring (bicyclic) bond motifs is 4. The topological polar surface area (TPSA) is 80.6 Å². The zero-order valence-corrected chi connectivity index (χ0v) is 38.2. The molecule has 336 valence electrons. The van der Waals surface area contributed by atoms with Crippen LogP contribution in [0.25, 0.3) is 22.3 Å². The molecule has 0 amide bonds. The van der Waals surface area contributed by atoms with Crippen molar-refractivity contribution in [2.24, 2.45) is 0 Å². The number of pyridine rings is 2. The highest BCUT2D eigenvalue weighted by Crippen LogP contribution is 2.56. The van der Waals surface area contributed by atoms with Crippen LogP contribution in [-0.4, -0.2) is 24.9 Å². The van der Waals surface area contributed by atoms with Gasteiger partial charge in [0.15, 0.2) is 0 Å². The Morgan fingerprint density at radius 3 is 0.859 bits per heavy atom. The number of hydrogen-bond donors (Lipinski definition) is 0. The monoisotopic (exact) mass is 914 g/mol. The molecule has 0 fully saturated rings. The highest BCUT2D eigenvalue weighted by Gasteiger charge is 2.36. The summed E-state index contributed by atoms with van der Waals surface area (Å²) in [6.45, 7) is 0. The molecule has 2 aliphatic rings. The third-order valence-corrected chi connectivity index (χ3v) is 13.0. The molecule has 3 aromatic heterocycles. The lowest BCUT2D eigenvalue weighted by Crippen LogP contribution is -2.28. The fourth-order valence-corrected chi connectivity index (χ4v) is 9.75. The van der Waals surface area contributed by atoms with E-state index in [-0.39, 0.29) is 0 Å². The Bertz CT molecular complexity index is 3340. The van der Waals surface area contributed by atoms with Crippen LogP contribution < -0.4 is 24.5 Å². The fraction of sp³-hybridized carbons (Fsp3) is 0. The van der Waals surface area contributed by atoms with Gasteiger partial charge >= 0.3 is 0 Å². The molecule has 2 aliphatic heterocycles. The first-order valence-corrected chi connectivity index (χ1v) is 23.5. The average Bonchev–Trinajstić information content (AvgIpc) is 3.45. The van der Waals surface area contributed by atoms with Gasteiger partial charge in [-0.1, -0.05) is 109 Å². The van der Waals surface area contributed by atoms with Gasteiger partial charge in [-0.05, 0) is 144 Å². The lowest BCUT2D eigenvalue weighted by atomic mass is 10.1. The smallest absolute Gasteiger partial charge is 0.241 e. The van der Waals surface area contributed by atoms with Gasteiger partial charge in [-0.3, -0.25) is 24.7 Å². The summed E-state index contributed by atoms with van der Waals surface area (Å²) < 4.78 is 0. The molecule has 71 heavy (non-hydrogen) atoms. The van der Waals surface area contributed by atoms with E-state index in [2.05, 4.69) is 229 Å². The van der Waals surface area contributed by atoms with Crippen molar-refractivity contribution in [2.75, 3.05) is 24.5 Å². The van der Waals surface area contributed by atoms with Crippen LogP contribution in [0.2, 0.25) is 0 Å². The van der Waals surface area contributed by atoms with Gasteiger partial charge in [-0.25, -0.2) is 0 Å². The number of nitrogens with zero attached hydrogens (tertiary/aromatic N) is 10. The third-order valence-electron chi connectivity index (χ3n) is 13.0. The zero-order valence-electron chi connectivity index (χ0n) is 38.2. The zero-order chi connectivity index (χ0) is 47.1. The van der Waals surface area contributed by atoms with E-state index >= 15 is 0 Å². The van der Waals surface area contributed by atoms with Crippen LogP contribution in [0.4, 0.5) is 86.1 Å². The van der Waals surface area contributed by atoms with Crippen molar-refractivity contribution in [3.63, 3.8) is 0 Å². The van der Waals surface area contributed by atoms with Crippen molar-refractivity contribution in [1.82, 2.24) is 24.9 Å². The summed E-state index contributed by atoms with van der Waals surface area (Å²) in [4.78, 5) is 36.4. The number of hydrogen-bond acceptors (Lipinski definition) is 10. The Hall–Kier alpha value is -9.93. The first kappa shape index (κ1) is 41.3. The van der Waals surface area contributed by atoms with E-state index in [1.807, 2.05) is 61.2 Å². The molecule has 0 saturated carbocycles. The molecule has 0 unspecified atom stereocenters. The molecule has 13 rings (SSSR count). The Morgan fingerprint density at radius 2 is 0.535 bits per heavy atom. The van der Waals surface area contributed by atoms with E-state index in [0.717, 1.165) is 90.5 Å². The Balaban J connectivity index is 1.07. The van der Waals surface area contributed by atoms with Gasteiger partial charge in [0, 0.05) is 47.5 Å². The van der Waals surface area contributed by atoms with Crippen LogP contribution >= 0.6 is 0 Å². The van der Waals surface area contributed by atoms with Crippen LogP contribution in [0.15, 0.2) is 255 Å². The molecule has 10 nitrogen and oxygen atoms in total. The molecule has 0 N–H and O–H groups in total. The Labute approximate surface area is 411 Å². The summed E-state index contributed by atoms with van der Waals surface area (Å²) in [6, 6.07) is 79.9. The van der Waals surface area contributed by atoms with Gasteiger partial charge in [0.25, 0.3) is 0 Å². The average molecular weight is 915 g/mol. The maximum atomic E-state index is 5.60. The maximum absolute atomic E-state index is 5.60. The summed E-state index contributed by atoms with van der Waals surface area (Å²) in [7, 11) is 0. The molecular weight excluding hydrogens is 873 g/mol. The largest absolute Gasteiger partial charge is 0.306 e. The summed E-state index contributed by atoms with van der Waals surface area (Å²) in [5.74, 6) is 1.33. The van der Waals surface area contributed by atoms with Gasteiger partial charge in [-0.15, -0.1) is 0 Å². The van der Waals surface area contributed by atoms with Gasteiger partial charge < -0.3 is 9.80 Å². The Kier molecular flexibility index (Phi) is 10.2. The number of anilines is 15. The standard InChI is InChI=1S/C61H42N10/c1-3-15-47(16-4-1)68-51-19-7-11-23-55(51)70(56-24-12-8-20-52(56)68)60-64-59(65-61(66-60)71-57-25-13-9-21-53(57)69(48-17-5-2-6-18-48)54-22-10-14-26-58(54)71)67(49-31-27-43(28-32-49)45-35-39-62-40-36-45)50-33-29-44(30-34-50)46-37-41-63-42-38-46/h1-42H. The van der Waals surface area contributed by atoms with E-state index < -0.39 is 0 Å². The van der Waals surface area contributed by atoms with Gasteiger partial charge in [0.1, 0.15) is 0 Å². The van der Waals surface area contributed by atoms with E-state index in [1.54, 1.807) is 0 Å². The number of benzene rings is 8. The predicted octanol–water partition coefficient (Wildman–Crippen LogP) is 16.0. The second kappa shape index (κ2) is 17.6. The Morgan fingerprint density at radius 1 is 0.254 bits per heavy atom. The minimum Gasteiger partial charge on any atom is -0.306 e. The van der Waals surface area contributed by atoms with Gasteiger partial charge in [0.05, 0.1) is 45.5 Å². The predicted molar refractivity (Wildman–Crippen MR) is 287 cm³/mol. The molecule has 0 radical (unpaired) electrons. The van der Waals surface area contributed by atoms with Crippen LogP contribution in [0, 0.1) is 0 Å². The molecule has 0 bridgehead atoms. The quantitative estimate of drug-likeness (QED) is 0.140. The number of rotatable bonds is 9. The van der Waals surface area contributed by atoms with E-state index in [0.29, 0.717) is 17.8 Å². The highest BCUT2D eigenvalue weighted by atomic mass is 15.4. The molecule has 5 heterocycles. The van der Waals surface area contributed by atoms with E-state index in [4.69, 9.17) is 15.0 Å². The molecule has 0 saturated heterocycles. The first-order valence-electron chi connectivity index (χ1n) is 23.5. The van der Waals surface area contributed by atoms with Crippen molar-refractivity contribution >= 4 is 86.1 Å². The number of para-hydroxylation sites is 10.